The van der Waals surface area contributed by atoms with Gasteiger partial charge < -0.3 is 24.4 Å². The van der Waals surface area contributed by atoms with Crippen molar-refractivity contribution in [1.82, 2.24) is 0 Å². The minimum atomic E-state index is -0.806. The monoisotopic (exact) mass is 368 g/mol. The maximum atomic E-state index is 12.7. The van der Waals surface area contributed by atoms with E-state index in [1.807, 2.05) is 6.07 Å². The standard InChI is InChI=1S/C20H20N2O5/c1-13(23)22-12-19(27-16-6-3-2-5-15(16)22)20(24)21-14-7-8-17-18(11-14)26-10-4-9-25-17/h2-3,5-8,11,19H,4,9-10,12H2,1H3,(H,21,24)/t19-/m1/s1. The first-order valence-corrected chi connectivity index (χ1v) is 8.86. The first-order chi connectivity index (χ1) is 13.1. The average molecular weight is 368 g/mol. The second-order valence-corrected chi connectivity index (χ2v) is 6.41. The van der Waals surface area contributed by atoms with Crippen LogP contribution in [0.3, 0.4) is 0 Å². The molecule has 1 N–H and O–H groups in total. The van der Waals surface area contributed by atoms with Gasteiger partial charge in [0.1, 0.15) is 5.75 Å². The zero-order chi connectivity index (χ0) is 18.8. The van der Waals surface area contributed by atoms with Crippen molar-refractivity contribution in [1.29, 1.82) is 0 Å². The van der Waals surface area contributed by atoms with Crippen LogP contribution in [0.25, 0.3) is 0 Å². The molecule has 2 aliphatic heterocycles. The summed E-state index contributed by atoms with van der Waals surface area (Å²) >= 11 is 0. The Hall–Kier alpha value is -3.22. The van der Waals surface area contributed by atoms with Crippen molar-refractivity contribution in [2.75, 3.05) is 30.0 Å². The van der Waals surface area contributed by atoms with Crippen LogP contribution in [0.2, 0.25) is 0 Å². The number of carbonyl (C=O) groups is 2. The highest BCUT2D eigenvalue weighted by Crippen LogP contribution is 2.34. The zero-order valence-corrected chi connectivity index (χ0v) is 14.9. The summed E-state index contributed by atoms with van der Waals surface area (Å²) in [5.41, 5.74) is 1.26. The Labute approximate surface area is 156 Å². The van der Waals surface area contributed by atoms with Crippen LogP contribution in [0.15, 0.2) is 42.5 Å². The third kappa shape index (κ3) is 3.53. The van der Waals surface area contributed by atoms with Crippen LogP contribution in [-0.2, 0) is 9.59 Å². The molecule has 4 rings (SSSR count). The van der Waals surface area contributed by atoms with Gasteiger partial charge in [-0.2, -0.15) is 0 Å². The Balaban J connectivity index is 1.52. The quantitative estimate of drug-likeness (QED) is 0.882. The van der Waals surface area contributed by atoms with Crippen LogP contribution < -0.4 is 24.4 Å². The van der Waals surface area contributed by atoms with Crippen LogP contribution in [0, 0.1) is 0 Å². The van der Waals surface area contributed by atoms with Gasteiger partial charge in [-0.25, -0.2) is 0 Å². The number of rotatable bonds is 2. The second-order valence-electron chi connectivity index (χ2n) is 6.41. The van der Waals surface area contributed by atoms with Crippen molar-refractivity contribution in [2.45, 2.75) is 19.4 Å². The number of para-hydroxylation sites is 2. The highest BCUT2D eigenvalue weighted by atomic mass is 16.5. The third-order valence-corrected chi connectivity index (χ3v) is 4.46. The molecule has 0 saturated carbocycles. The second kappa shape index (κ2) is 7.19. The molecule has 0 radical (unpaired) electrons. The van der Waals surface area contributed by atoms with Crippen LogP contribution in [-0.4, -0.2) is 37.7 Å². The molecule has 0 unspecified atom stereocenters. The zero-order valence-electron chi connectivity index (χ0n) is 14.9. The predicted molar refractivity (Wildman–Crippen MR) is 99.6 cm³/mol. The molecule has 0 bridgehead atoms. The molecule has 2 heterocycles. The van der Waals surface area contributed by atoms with E-state index in [0.717, 1.165) is 6.42 Å². The van der Waals surface area contributed by atoms with E-state index < -0.39 is 6.10 Å². The Morgan fingerprint density at radius 2 is 1.81 bits per heavy atom. The number of ether oxygens (including phenoxy) is 3. The molecule has 7 nitrogen and oxygen atoms in total. The normalized spacial score (nSPS) is 18.0. The summed E-state index contributed by atoms with van der Waals surface area (Å²) in [6.45, 7) is 2.80. The van der Waals surface area contributed by atoms with Gasteiger partial charge in [-0.05, 0) is 24.3 Å². The predicted octanol–water partition coefficient (Wildman–Crippen LogP) is 2.60. The minimum Gasteiger partial charge on any atom is -0.490 e. The fourth-order valence-electron chi connectivity index (χ4n) is 3.13. The molecule has 0 aliphatic carbocycles. The number of nitrogens with zero attached hydrogens (tertiary/aromatic N) is 1. The fraction of sp³-hybridized carbons (Fsp3) is 0.300. The van der Waals surface area contributed by atoms with Crippen molar-refractivity contribution < 1.29 is 23.8 Å². The maximum absolute atomic E-state index is 12.7. The van der Waals surface area contributed by atoms with Crippen LogP contribution in [0.5, 0.6) is 17.2 Å². The number of anilines is 2. The summed E-state index contributed by atoms with van der Waals surface area (Å²) < 4.78 is 17.1. The molecular formula is C20H20N2O5. The Bertz CT molecular complexity index is 882. The molecule has 2 amide bonds. The summed E-state index contributed by atoms with van der Waals surface area (Å²) in [5.74, 6) is 1.31. The Kier molecular flexibility index (Phi) is 4.58. The van der Waals surface area contributed by atoms with Gasteiger partial charge in [0.25, 0.3) is 5.91 Å². The first-order valence-electron chi connectivity index (χ1n) is 8.86. The topological polar surface area (TPSA) is 77.1 Å². The van der Waals surface area contributed by atoms with Crippen molar-refractivity contribution in [3.05, 3.63) is 42.5 Å². The number of nitrogens with one attached hydrogen (secondary N) is 1. The molecule has 2 aromatic rings. The van der Waals surface area contributed by atoms with Crippen molar-refractivity contribution >= 4 is 23.2 Å². The van der Waals surface area contributed by atoms with Gasteiger partial charge in [-0.3, -0.25) is 9.59 Å². The smallest absolute Gasteiger partial charge is 0.267 e. The third-order valence-electron chi connectivity index (χ3n) is 4.46. The number of hydrogen-bond donors (Lipinski definition) is 1. The lowest BCUT2D eigenvalue weighted by Crippen LogP contribution is -2.48. The molecule has 0 aromatic heterocycles. The van der Waals surface area contributed by atoms with Gasteiger partial charge in [0, 0.05) is 25.1 Å². The van der Waals surface area contributed by atoms with Crippen molar-refractivity contribution in [3.8, 4) is 17.2 Å². The van der Waals surface area contributed by atoms with E-state index in [2.05, 4.69) is 5.32 Å². The highest BCUT2D eigenvalue weighted by Gasteiger charge is 2.32. The molecule has 0 fully saturated rings. The maximum Gasteiger partial charge on any atom is 0.267 e. The summed E-state index contributed by atoms with van der Waals surface area (Å²) in [7, 11) is 0. The van der Waals surface area contributed by atoms with Gasteiger partial charge in [0.2, 0.25) is 5.91 Å². The molecule has 27 heavy (non-hydrogen) atoms. The lowest BCUT2D eigenvalue weighted by Gasteiger charge is -2.33. The number of carbonyl (C=O) groups excluding carboxylic acids is 2. The minimum absolute atomic E-state index is 0.140. The van der Waals surface area contributed by atoms with Gasteiger partial charge in [0.05, 0.1) is 25.4 Å². The molecule has 2 aliphatic rings. The van der Waals surface area contributed by atoms with E-state index in [1.54, 1.807) is 41.3 Å². The summed E-state index contributed by atoms with van der Waals surface area (Å²) in [4.78, 5) is 26.3. The highest BCUT2D eigenvalue weighted by molar-refractivity contribution is 5.99. The van der Waals surface area contributed by atoms with E-state index in [1.165, 1.54) is 6.92 Å². The Morgan fingerprint density at radius 1 is 1.04 bits per heavy atom. The number of benzene rings is 2. The molecule has 140 valence electrons. The average Bonchev–Trinajstić information content (AvgIpc) is 2.92. The van der Waals surface area contributed by atoms with Gasteiger partial charge in [-0.1, -0.05) is 12.1 Å². The summed E-state index contributed by atoms with van der Waals surface area (Å²) in [5, 5.41) is 2.83. The van der Waals surface area contributed by atoms with E-state index in [4.69, 9.17) is 14.2 Å². The lowest BCUT2D eigenvalue weighted by molar-refractivity contribution is -0.123. The molecular weight excluding hydrogens is 348 g/mol. The summed E-state index contributed by atoms with van der Waals surface area (Å²) in [6.07, 6.45) is 0.00632. The van der Waals surface area contributed by atoms with Crippen molar-refractivity contribution in [2.24, 2.45) is 0 Å². The molecule has 2 aromatic carbocycles. The lowest BCUT2D eigenvalue weighted by atomic mass is 10.1. The summed E-state index contributed by atoms with van der Waals surface area (Å²) in [6, 6.07) is 12.4. The SMILES string of the molecule is CC(=O)N1C[C@H](C(=O)Nc2ccc3c(c2)OCCCO3)Oc2ccccc21. The number of fused-ring (bicyclic) bond motifs is 2. The van der Waals surface area contributed by atoms with Crippen LogP contribution in [0.1, 0.15) is 13.3 Å². The molecule has 0 spiro atoms. The number of hydrogen-bond acceptors (Lipinski definition) is 5. The van der Waals surface area contributed by atoms with Gasteiger partial charge in [-0.15, -0.1) is 0 Å². The van der Waals surface area contributed by atoms with Crippen LogP contribution in [0.4, 0.5) is 11.4 Å². The number of amides is 2. The van der Waals surface area contributed by atoms with Gasteiger partial charge >= 0.3 is 0 Å². The fourth-order valence-corrected chi connectivity index (χ4v) is 3.13. The van der Waals surface area contributed by atoms with E-state index in [9.17, 15) is 9.59 Å². The molecule has 7 heteroatoms. The van der Waals surface area contributed by atoms with Crippen molar-refractivity contribution in [3.63, 3.8) is 0 Å². The van der Waals surface area contributed by atoms with E-state index >= 15 is 0 Å². The molecule has 0 saturated heterocycles. The van der Waals surface area contributed by atoms with E-state index in [0.29, 0.717) is 41.8 Å². The van der Waals surface area contributed by atoms with E-state index in [-0.39, 0.29) is 18.4 Å². The Morgan fingerprint density at radius 3 is 2.63 bits per heavy atom. The molecule has 1 atom stereocenters. The van der Waals surface area contributed by atoms with Crippen LogP contribution >= 0.6 is 0 Å². The first kappa shape index (κ1) is 17.2. The van der Waals surface area contributed by atoms with Gasteiger partial charge in [0.15, 0.2) is 17.6 Å². The largest absolute Gasteiger partial charge is 0.490 e.